The summed E-state index contributed by atoms with van der Waals surface area (Å²) in [6.45, 7) is -0.330. The number of aromatic hydroxyl groups is 1. The minimum absolute atomic E-state index is 0.00479. The minimum Gasteiger partial charge on any atom is -0.506 e. The van der Waals surface area contributed by atoms with Gasteiger partial charge in [-0.3, -0.25) is 24.6 Å². The molecule has 1 aliphatic heterocycles. The van der Waals surface area contributed by atoms with E-state index in [1.165, 1.54) is 17.4 Å². The van der Waals surface area contributed by atoms with Gasteiger partial charge in [-0.1, -0.05) is 30.0 Å². The van der Waals surface area contributed by atoms with Crippen molar-refractivity contribution in [3.8, 4) is 5.75 Å². The molecule has 1 saturated heterocycles. The average Bonchev–Trinajstić information content (AvgIpc) is 3.21. The van der Waals surface area contributed by atoms with Crippen molar-refractivity contribution < 1.29 is 19.6 Å². The molecule has 0 spiro atoms. The fourth-order valence-electron chi connectivity index (χ4n) is 2.21. The zero-order valence-corrected chi connectivity index (χ0v) is 15.9. The van der Waals surface area contributed by atoms with E-state index in [4.69, 9.17) is 12.2 Å². The normalized spacial score (nSPS) is 15.4. The first-order chi connectivity index (χ1) is 12.8. The Morgan fingerprint density at radius 1 is 1.41 bits per heavy atom. The molecular formula is C16H11N3O5S3. The van der Waals surface area contributed by atoms with Crippen LogP contribution in [0.1, 0.15) is 4.88 Å². The van der Waals surface area contributed by atoms with Gasteiger partial charge >= 0.3 is 0 Å². The Morgan fingerprint density at radius 2 is 2.19 bits per heavy atom. The largest absolute Gasteiger partial charge is 0.506 e. The lowest BCUT2D eigenvalue weighted by Gasteiger charge is -2.14. The SMILES string of the molecule is O=C(CN1C(=O)/C(=C/c2cccs2)SC1=S)Nc1ccc([N+](=O)[O-])cc1O. The number of thiocarbonyl (C=S) groups is 1. The van der Waals surface area contributed by atoms with E-state index in [2.05, 4.69) is 5.32 Å². The number of carbonyl (C=O) groups is 2. The van der Waals surface area contributed by atoms with Gasteiger partial charge in [-0.25, -0.2) is 0 Å². The predicted molar refractivity (Wildman–Crippen MR) is 108 cm³/mol. The number of phenols is 1. The number of nitrogens with one attached hydrogen (secondary N) is 1. The number of nitro benzene ring substituents is 1. The molecule has 0 unspecified atom stereocenters. The van der Waals surface area contributed by atoms with Crippen LogP contribution in [0, 0.1) is 10.1 Å². The van der Waals surface area contributed by atoms with Gasteiger partial charge in [0.2, 0.25) is 5.91 Å². The van der Waals surface area contributed by atoms with Gasteiger partial charge in [0.05, 0.1) is 21.6 Å². The van der Waals surface area contributed by atoms with Gasteiger partial charge in [-0.2, -0.15) is 0 Å². The van der Waals surface area contributed by atoms with Gasteiger partial charge in [0.15, 0.2) is 0 Å². The molecule has 2 amide bonds. The highest BCUT2D eigenvalue weighted by Crippen LogP contribution is 2.33. The van der Waals surface area contributed by atoms with E-state index in [1.807, 2.05) is 17.5 Å². The molecule has 2 N–H and O–H groups in total. The second-order valence-corrected chi connectivity index (χ2v) is 7.95. The summed E-state index contributed by atoms with van der Waals surface area (Å²) in [6, 6.07) is 7.02. The Hall–Kier alpha value is -2.76. The lowest BCUT2D eigenvalue weighted by Crippen LogP contribution is -2.36. The molecule has 1 fully saturated rings. The molecule has 0 radical (unpaired) electrons. The van der Waals surface area contributed by atoms with Crippen molar-refractivity contribution in [1.29, 1.82) is 0 Å². The highest BCUT2D eigenvalue weighted by Gasteiger charge is 2.33. The molecule has 2 aromatic rings. The Bertz CT molecular complexity index is 972. The van der Waals surface area contributed by atoms with E-state index in [0.717, 1.165) is 33.7 Å². The number of nitro groups is 1. The number of amides is 2. The van der Waals surface area contributed by atoms with Gasteiger partial charge in [-0.15, -0.1) is 11.3 Å². The lowest BCUT2D eigenvalue weighted by molar-refractivity contribution is -0.384. The van der Waals surface area contributed by atoms with E-state index >= 15 is 0 Å². The molecule has 8 nitrogen and oxygen atoms in total. The molecule has 11 heteroatoms. The quantitative estimate of drug-likeness (QED) is 0.251. The second kappa shape index (κ2) is 7.86. The summed E-state index contributed by atoms with van der Waals surface area (Å²) in [5.74, 6) is -1.41. The summed E-state index contributed by atoms with van der Waals surface area (Å²) >= 11 is 7.75. The van der Waals surface area contributed by atoms with Crippen molar-refractivity contribution in [1.82, 2.24) is 4.90 Å². The third kappa shape index (κ3) is 4.32. The summed E-state index contributed by atoms with van der Waals surface area (Å²) in [7, 11) is 0. The molecule has 0 bridgehead atoms. The molecule has 0 saturated carbocycles. The predicted octanol–water partition coefficient (Wildman–Crippen LogP) is 3.20. The number of rotatable bonds is 5. The maximum atomic E-state index is 12.5. The molecule has 0 aliphatic carbocycles. The standard InChI is InChI=1S/C16H11N3O5S3/c20-12-6-9(19(23)24)3-4-11(12)17-14(21)8-18-15(22)13(27-16(18)25)7-10-2-1-5-26-10/h1-7,20H,8H2,(H,17,21)/b13-7-. The van der Waals surface area contributed by atoms with E-state index < -0.39 is 16.6 Å². The van der Waals surface area contributed by atoms with Crippen molar-refractivity contribution in [3.63, 3.8) is 0 Å². The number of nitrogens with zero attached hydrogens (tertiary/aromatic N) is 2. The Balaban J connectivity index is 1.68. The molecule has 138 valence electrons. The first kappa shape index (κ1) is 19.0. The number of hydrogen-bond acceptors (Lipinski definition) is 8. The van der Waals surface area contributed by atoms with Gasteiger partial charge in [0.1, 0.15) is 16.6 Å². The third-order valence-corrected chi connectivity index (χ3v) is 5.66. The summed E-state index contributed by atoms with van der Waals surface area (Å²) in [6.07, 6.45) is 1.71. The van der Waals surface area contributed by atoms with E-state index in [9.17, 15) is 24.8 Å². The topological polar surface area (TPSA) is 113 Å². The number of carbonyl (C=O) groups excluding carboxylic acids is 2. The molecule has 1 aromatic heterocycles. The summed E-state index contributed by atoms with van der Waals surface area (Å²) in [5.41, 5.74) is -0.300. The smallest absolute Gasteiger partial charge is 0.273 e. The Kier molecular flexibility index (Phi) is 5.54. The van der Waals surface area contributed by atoms with Crippen LogP contribution in [0.15, 0.2) is 40.6 Å². The van der Waals surface area contributed by atoms with Crippen LogP contribution in [0.3, 0.4) is 0 Å². The summed E-state index contributed by atoms with van der Waals surface area (Å²) in [5, 5.41) is 24.8. The van der Waals surface area contributed by atoms with Crippen molar-refractivity contribution in [2.75, 3.05) is 11.9 Å². The van der Waals surface area contributed by atoms with Crippen LogP contribution >= 0.6 is 35.3 Å². The lowest BCUT2D eigenvalue weighted by atomic mass is 10.2. The van der Waals surface area contributed by atoms with Gasteiger partial charge < -0.3 is 10.4 Å². The number of thiophene rings is 1. The number of benzene rings is 1. The van der Waals surface area contributed by atoms with Crippen molar-refractivity contribution in [2.24, 2.45) is 0 Å². The van der Waals surface area contributed by atoms with Gasteiger partial charge in [0.25, 0.3) is 11.6 Å². The molecule has 2 heterocycles. The van der Waals surface area contributed by atoms with E-state index in [0.29, 0.717) is 4.91 Å². The molecule has 1 aliphatic rings. The van der Waals surface area contributed by atoms with Gasteiger partial charge in [-0.05, 0) is 23.6 Å². The third-order valence-electron chi connectivity index (χ3n) is 3.46. The number of phenolic OH excluding ortho intramolecular Hbond substituents is 1. The molecule has 0 atom stereocenters. The van der Waals surface area contributed by atoms with Crippen LogP contribution in [0.2, 0.25) is 0 Å². The van der Waals surface area contributed by atoms with Crippen LogP contribution in [0.5, 0.6) is 5.75 Å². The zero-order chi connectivity index (χ0) is 19.6. The molecule has 3 rings (SSSR count). The summed E-state index contributed by atoms with van der Waals surface area (Å²) in [4.78, 5) is 37.2. The van der Waals surface area contributed by atoms with Crippen LogP contribution < -0.4 is 5.32 Å². The van der Waals surface area contributed by atoms with Crippen LogP contribution in [-0.2, 0) is 9.59 Å². The van der Waals surface area contributed by atoms with Crippen molar-refractivity contribution in [2.45, 2.75) is 0 Å². The van der Waals surface area contributed by atoms with Crippen molar-refractivity contribution in [3.05, 3.63) is 55.6 Å². The number of anilines is 1. The minimum atomic E-state index is -0.661. The highest BCUT2D eigenvalue weighted by atomic mass is 32.2. The maximum Gasteiger partial charge on any atom is 0.273 e. The number of hydrogen-bond donors (Lipinski definition) is 2. The van der Waals surface area contributed by atoms with E-state index in [-0.39, 0.29) is 28.1 Å². The van der Waals surface area contributed by atoms with Crippen LogP contribution in [0.4, 0.5) is 11.4 Å². The highest BCUT2D eigenvalue weighted by molar-refractivity contribution is 8.26. The first-order valence-electron chi connectivity index (χ1n) is 7.41. The zero-order valence-electron chi connectivity index (χ0n) is 13.4. The molecular weight excluding hydrogens is 410 g/mol. The van der Waals surface area contributed by atoms with Crippen LogP contribution in [0.25, 0.3) is 6.08 Å². The summed E-state index contributed by atoms with van der Waals surface area (Å²) < 4.78 is 0.255. The van der Waals surface area contributed by atoms with Gasteiger partial charge in [0, 0.05) is 10.9 Å². The number of thioether (sulfide) groups is 1. The Labute approximate surface area is 166 Å². The first-order valence-corrected chi connectivity index (χ1v) is 9.51. The number of non-ortho nitro benzene ring substituents is 1. The maximum absolute atomic E-state index is 12.5. The average molecular weight is 421 g/mol. The van der Waals surface area contributed by atoms with Crippen molar-refractivity contribution >= 4 is 68.9 Å². The molecule has 27 heavy (non-hydrogen) atoms. The fraction of sp³-hybridized carbons (Fsp3) is 0.0625. The fourth-order valence-corrected chi connectivity index (χ4v) is 4.19. The second-order valence-electron chi connectivity index (χ2n) is 5.29. The Morgan fingerprint density at radius 3 is 2.81 bits per heavy atom. The monoisotopic (exact) mass is 421 g/mol. The van der Waals surface area contributed by atoms with Crippen LogP contribution in [-0.4, -0.2) is 37.6 Å². The van der Waals surface area contributed by atoms with E-state index in [1.54, 1.807) is 6.08 Å². The molecule has 1 aromatic carbocycles.